The first-order chi connectivity index (χ1) is 7.69. The van der Waals surface area contributed by atoms with Crippen LogP contribution in [0.15, 0.2) is 18.2 Å². The predicted molar refractivity (Wildman–Crippen MR) is 57.7 cm³/mol. The van der Waals surface area contributed by atoms with Gasteiger partial charge in [0, 0.05) is 12.5 Å². The van der Waals surface area contributed by atoms with Crippen molar-refractivity contribution in [3.8, 4) is 5.75 Å². The van der Waals surface area contributed by atoms with Crippen molar-refractivity contribution in [3.63, 3.8) is 0 Å². The SMILES string of the molecule is COc1cc(F)cc(C2CCCC(=O)N2)c1. The van der Waals surface area contributed by atoms with Crippen LogP contribution in [-0.4, -0.2) is 13.0 Å². The van der Waals surface area contributed by atoms with Crippen LogP contribution in [0, 0.1) is 5.82 Å². The zero-order chi connectivity index (χ0) is 11.5. The van der Waals surface area contributed by atoms with Crippen LogP contribution in [0.25, 0.3) is 0 Å². The van der Waals surface area contributed by atoms with Gasteiger partial charge in [0.2, 0.25) is 5.91 Å². The van der Waals surface area contributed by atoms with Crippen LogP contribution in [-0.2, 0) is 4.79 Å². The zero-order valence-electron chi connectivity index (χ0n) is 9.13. The number of benzene rings is 1. The minimum Gasteiger partial charge on any atom is -0.497 e. The highest BCUT2D eigenvalue weighted by Crippen LogP contribution is 2.27. The number of methoxy groups -OCH3 is 1. The van der Waals surface area contributed by atoms with Gasteiger partial charge in [-0.25, -0.2) is 4.39 Å². The summed E-state index contributed by atoms with van der Waals surface area (Å²) >= 11 is 0. The van der Waals surface area contributed by atoms with E-state index >= 15 is 0 Å². The lowest BCUT2D eigenvalue weighted by Crippen LogP contribution is -2.32. The van der Waals surface area contributed by atoms with Gasteiger partial charge in [0.05, 0.1) is 13.2 Å². The monoisotopic (exact) mass is 223 g/mol. The van der Waals surface area contributed by atoms with Crippen molar-refractivity contribution in [2.45, 2.75) is 25.3 Å². The maximum atomic E-state index is 13.3. The van der Waals surface area contributed by atoms with Crippen LogP contribution in [0.2, 0.25) is 0 Å². The van der Waals surface area contributed by atoms with Crippen molar-refractivity contribution in [1.29, 1.82) is 0 Å². The Labute approximate surface area is 93.6 Å². The maximum Gasteiger partial charge on any atom is 0.220 e. The number of halogens is 1. The number of hydrogen-bond acceptors (Lipinski definition) is 2. The number of nitrogens with one attached hydrogen (secondary N) is 1. The quantitative estimate of drug-likeness (QED) is 0.834. The molecule has 0 bridgehead atoms. The van der Waals surface area contributed by atoms with Crippen LogP contribution < -0.4 is 10.1 Å². The van der Waals surface area contributed by atoms with E-state index in [0.29, 0.717) is 12.2 Å². The molecule has 2 rings (SSSR count). The van der Waals surface area contributed by atoms with E-state index in [0.717, 1.165) is 18.4 Å². The van der Waals surface area contributed by atoms with Crippen molar-refractivity contribution in [1.82, 2.24) is 5.32 Å². The van der Waals surface area contributed by atoms with Crippen molar-refractivity contribution in [3.05, 3.63) is 29.6 Å². The molecule has 4 heteroatoms. The van der Waals surface area contributed by atoms with Crippen molar-refractivity contribution in [2.75, 3.05) is 7.11 Å². The fourth-order valence-corrected chi connectivity index (χ4v) is 1.96. The van der Waals surface area contributed by atoms with Gasteiger partial charge in [-0.3, -0.25) is 4.79 Å². The first-order valence-corrected chi connectivity index (χ1v) is 5.33. The molecule has 1 N–H and O–H groups in total. The fraction of sp³-hybridized carbons (Fsp3) is 0.417. The van der Waals surface area contributed by atoms with Crippen LogP contribution in [0.5, 0.6) is 5.75 Å². The molecule has 1 unspecified atom stereocenters. The summed E-state index contributed by atoms with van der Waals surface area (Å²) in [6.45, 7) is 0. The van der Waals surface area contributed by atoms with Gasteiger partial charge in [0.25, 0.3) is 0 Å². The Morgan fingerprint density at radius 3 is 2.94 bits per heavy atom. The molecule has 0 aromatic heterocycles. The average molecular weight is 223 g/mol. The Bertz CT molecular complexity index is 406. The van der Waals surface area contributed by atoms with Crippen molar-refractivity contribution >= 4 is 5.91 Å². The first-order valence-electron chi connectivity index (χ1n) is 5.33. The molecular weight excluding hydrogens is 209 g/mol. The van der Waals surface area contributed by atoms with E-state index < -0.39 is 0 Å². The number of ether oxygens (including phenoxy) is 1. The van der Waals surface area contributed by atoms with Gasteiger partial charge in [-0.05, 0) is 30.5 Å². The minimum atomic E-state index is -0.339. The van der Waals surface area contributed by atoms with Gasteiger partial charge in [-0.1, -0.05) is 0 Å². The molecule has 16 heavy (non-hydrogen) atoms. The summed E-state index contributed by atoms with van der Waals surface area (Å²) in [5.74, 6) is 0.170. The number of carbonyl (C=O) groups is 1. The molecule has 1 aliphatic rings. The lowest BCUT2D eigenvalue weighted by atomic mass is 9.97. The second kappa shape index (κ2) is 4.51. The van der Waals surface area contributed by atoms with Gasteiger partial charge in [0.15, 0.2) is 0 Å². The molecule has 1 atom stereocenters. The molecule has 3 nitrogen and oxygen atoms in total. The van der Waals surface area contributed by atoms with Gasteiger partial charge < -0.3 is 10.1 Å². The highest BCUT2D eigenvalue weighted by molar-refractivity contribution is 5.77. The number of piperidine rings is 1. The topological polar surface area (TPSA) is 38.3 Å². The molecule has 1 aromatic carbocycles. The van der Waals surface area contributed by atoms with E-state index in [9.17, 15) is 9.18 Å². The summed E-state index contributed by atoms with van der Waals surface area (Å²) in [6.07, 6.45) is 2.25. The predicted octanol–water partition coefficient (Wildman–Crippen LogP) is 2.18. The Morgan fingerprint density at radius 1 is 1.44 bits per heavy atom. The van der Waals surface area contributed by atoms with Gasteiger partial charge in [-0.15, -0.1) is 0 Å². The lowest BCUT2D eigenvalue weighted by molar-refractivity contribution is -0.123. The van der Waals surface area contributed by atoms with E-state index in [1.807, 2.05) is 0 Å². The van der Waals surface area contributed by atoms with Gasteiger partial charge >= 0.3 is 0 Å². The highest BCUT2D eigenvalue weighted by atomic mass is 19.1. The molecule has 1 amide bonds. The molecule has 1 heterocycles. The molecule has 1 aliphatic heterocycles. The largest absolute Gasteiger partial charge is 0.497 e. The number of hydrogen-bond donors (Lipinski definition) is 1. The summed E-state index contributed by atoms with van der Waals surface area (Å²) in [6, 6.07) is 4.44. The fourth-order valence-electron chi connectivity index (χ4n) is 1.96. The molecular formula is C12H14FNO2. The lowest BCUT2D eigenvalue weighted by Gasteiger charge is -2.23. The van der Waals surface area contributed by atoms with Crippen LogP contribution in [0.1, 0.15) is 30.9 Å². The van der Waals surface area contributed by atoms with Crippen LogP contribution in [0.4, 0.5) is 4.39 Å². The van der Waals surface area contributed by atoms with Crippen molar-refractivity contribution < 1.29 is 13.9 Å². The van der Waals surface area contributed by atoms with E-state index in [4.69, 9.17) is 4.74 Å². The Morgan fingerprint density at radius 2 is 2.25 bits per heavy atom. The van der Waals surface area contributed by atoms with E-state index in [-0.39, 0.29) is 17.8 Å². The standard InChI is InChI=1S/C12H14FNO2/c1-16-10-6-8(5-9(13)7-10)11-3-2-4-12(15)14-11/h5-7,11H,2-4H2,1H3,(H,14,15). The normalized spacial score (nSPS) is 20.4. The zero-order valence-corrected chi connectivity index (χ0v) is 9.13. The first kappa shape index (κ1) is 10.9. The van der Waals surface area contributed by atoms with E-state index in [2.05, 4.69) is 5.32 Å². The second-order valence-corrected chi connectivity index (χ2v) is 3.94. The average Bonchev–Trinajstić information content (AvgIpc) is 2.28. The molecule has 1 saturated heterocycles. The molecule has 86 valence electrons. The molecule has 0 saturated carbocycles. The smallest absolute Gasteiger partial charge is 0.220 e. The molecule has 0 radical (unpaired) electrons. The third-order valence-electron chi connectivity index (χ3n) is 2.76. The Hall–Kier alpha value is -1.58. The van der Waals surface area contributed by atoms with Crippen LogP contribution in [0.3, 0.4) is 0 Å². The summed E-state index contributed by atoms with van der Waals surface area (Å²) < 4.78 is 18.3. The molecule has 0 spiro atoms. The number of carbonyl (C=O) groups excluding carboxylic acids is 1. The van der Waals surface area contributed by atoms with E-state index in [1.54, 1.807) is 6.07 Å². The molecule has 1 aromatic rings. The molecule has 1 fully saturated rings. The minimum absolute atomic E-state index is 0.0273. The van der Waals surface area contributed by atoms with E-state index in [1.165, 1.54) is 19.2 Å². The maximum absolute atomic E-state index is 13.3. The van der Waals surface area contributed by atoms with Gasteiger partial charge in [0.1, 0.15) is 11.6 Å². The van der Waals surface area contributed by atoms with Gasteiger partial charge in [-0.2, -0.15) is 0 Å². The second-order valence-electron chi connectivity index (χ2n) is 3.94. The summed E-state index contributed by atoms with van der Waals surface area (Å²) in [7, 11) is 1.50. The number of amides is 1. The number of rotatable bonds is 2. The third kappa shape index (κ3) is 2.32. The molecule has 0 aliphatic carbocycles. The highest BCUT2D eigenvalue weighted by Gasteiger charge is 2.20. The summed E-state index contributed by atoms with van der Waals surface area (Å²) in [5, 5.41) is 2.85. The summed E-state index contributed by atoms with van der Waals surface area (Å²) in [5.41, 5.74) is 0.768. The summed E-state index contributed by atoms with van der Waals surface area (Å²) in [4.78, 5) is 11.3. The Kier molecular flexibility index (Phi) is 3.08. The van der Waals surface area contributed by atoms with Crippen molar-refractivity contribution in [2.24, 2.45) is 0 Å². The Balaban J connectivity index is 2.24. The third-order valence-corrected chi connectivity index (χ3v) is 2.76. The van der Waals surface area contributed by atoms with Crippen LogP contribution >= 0.6 is 0 Å².